The van der Waals surface area contributed by atoms with E-state index in [1.807, 2.05) is 0 Å². The molecule has 1 unspecified atom stereocenters. The van der Waals surface area contributed by atoms with Crippen molar-refractivity contribution in [1.82, 2.24) is 14.9 Å². The highest BCUT2D eigenvalue weighted by Crippen LogP contribution is 2.36. The first-order valence-corrected chi connectivity index (χ1v) is 7.04. The van der Waals surface area contributed by atoms with Gasteiger partial charge in [0.05, 0.1) is 5.69 Å². The van der Waals surface area contributed by atoms with Gasteiger partial charge in [0.25, 0.3) is 0 Å². The summed E-state index contributed by atoms with van der Waals surface area (Å²) in [6, 6.07) is 0.645. The van der Waals surface area contributed by atoms with Crippen LogP contribution >= 0.6 is 0 Å². The molecule has 1 aliphatic heterocycles. The van der Waals surface area contributed by atoms with Crippen LogP contribution in [-0.2, 0) is 13.0 Å². The minimum Gasteiger partial charge on any atom is -0.329 e. The monoisotopic (exact) mass is 233 g/mol. The topological polar surface area (TPSA) is 29.9 Å². The Morgan fingerprint density at radius 3 is 2.88 bits per heavy atom. The van der Waals surface area contributed by atoms with Gasteiger partial charge < -0.3 is 9.88 Å². The summed E-state index contributed by atoms with van der Waals surface area (Å²) in [5.74, 6) is 2.10. The molecule has 0 bridgehead atoms. The lowest BCUT2D eigenvalue weighted by atomic mass is 9.98. The van der Waals surface area contributed by atoms with Gasteiger partial charge >= 0.3 is 0 Å². The predicted octanol–water partition coefficient (Wildman–Crippen LogP) is 2.59. The summed E-state index contributed by atoms with van der Waals surface area (Å²) in [5.41, 5.74) is 2.79. The second-order valence-electron chi connectivity index (χ2n) is 5.63. The number of aromatic nitrogens is 2. The zero-order chi connectivity index (χ0) is 11.8. The quantitative estimate of drug-likeness (QED) is 0.851. The van der Waals surface area contributed by atoms with Crippen molar-refractivity contribution in [3.8, 4) is 0 Å². The van der Waals surface area contributed by atoms with E-state index in [1.165, 1.54) is 42.9 Å². The summed E-state index contributed by atoms with van der Waals surface area (Å²) in [6.07, 6.45) is 6.81. The van der Waals surface area contributed by atoms with Crippen molar-refractivity contribution in [2.45, 2.75) is 58.5 Å². The van der Waals surface area contributed by atoms with Crippen molar-refractivity contribution in [2.75, 3.05) is 6.54 Å². The molecule has 1 N–H and O–H groups in total. The molecular weight excluding hydrogens is 210 g/mol. The first-order chi connectivity index (χ1) is 8.27. The Kier molecular flexibility index (Phi) is 2.95. The molecule has 1 saturated carbocycles. The zero-order valence-corrected chi connectivity index (χ0v) is 11.0. The van der Waals surface area contributed by atoms with Gasteiger partial charge in [0.2, 0.25) is 0 Å². The molecule has 0 saturated heterocycles. The molecule has 3 nitrogen and oxygen atoms in total. The lowest BCUT2D eigenvalue weighted by Crippen LogP contribution is -2.26. The first-order valence-electron chi connectivity index (χ1n) is 7.04. The minimum absolute atomic E-state index is 0.645. The van der Waals surface area contributed by atoms with Crippen molar-refractivity contribution < 1.29 is 0 Å². The summed E-state index contributed by atoms with van der Waals surface area (Å²) >= 11 is 0. The van der Waals surface area contributed by atoms with Gasteiger partial charge in [0.1, 0.15) is 5.82 Å². The molecule has 0 amide bonds. The molecule has 0 spiro atoms. The van der Waals surface area contributed by atoms with Crippen LogP contribution in [0.25, 0.3) is 0 Å². The highest BCUT2D eigenvalue weighted by atomic mass is 15.1. The third-order valence-electron chi connectivity index (χ3n) is 4.59. The van der Waals surface area contributed by atoms with Crippen LogP contribution < -0.4 is 5.32 Å². The largest absolute Gasteiger partial charge is 0.329 e. The van der Waals surface area contributed by atoms with E-state index in [4.69, 9.17) is 4.98 Å². The van der Waals surface area contributed by atoms with Crippen molar-refractivity contribution in [1.29, 1.82) is 0 Å². The van der Waals surface area contributed by atoms with Gasteiger partial charge in [-0.05, 0) is 32.6 Å². The van der Waals surface area contributed by atoms with Crippen LogP contribution in [0.3, 0.4) is 0 Å². The maximum Gasteiger partial charge on any atom is 0.106 e. The van der Waals surface area contributed by atoms with E-state index in [9.17, 15) is 0 Å². The molecule has 0 aromatic carbocycles. The molecule has 1 atom stereocenters. The number of hydrogen-bond acceptors (Lipinski definition) is 2. The number of nitrogens with zero attached hydrogens (tertiary/aromatic N) is 2. The lowest BCUT2D eigenvalue weighted by molar-refractivity contribution is 0.346. The van der Waals surface area contributed by atoms with Crippen LogP contribution in [0.5, 0.6) is 0 Å². The number of fused-ring (bicyclic) bond motifs is 1. The Balaban J connectivity index is 1.93. The molecule has 0 radical (unpaired) electrons. The highest BCUT2D eigenvalue weighted by Gasteiger charge is 2.27. The van der Waals surface area contributed by atoms with Crippen LogP contribution in [0.4, 0.5) is 0 Å². The van der Waals surface area contributed by atoms with Gasteiger partial charge in [-0.25, -0.2) is 4.98 Å². The van der Waals surface area contributed by atoms with Crippen molar-refractivity contribution in [3.63, 3.8) is 0 Å². The van der Waals surface area contributed by atoms with Gasteiger partial charge in [-0.1, -0.05) is 12.8 Å². The predicted molar refractivity (Wildman–Crippen MR) is 69.0 cm³/mol. The van der Waals surface area contributed by atoms with E-state index in [-0.39, 0.29) is 0 Å². The molecule has 94 valence electrons. The Morgan fingerprint density at radius 2 is 2.12 bits per heavy atom. The summed E-state index contributed by atoms with van der Waals surface area (Å²) in [5, 5.41) is 3.41. The normalized spacial score (nSPS) is 22.7. The second kappa shape index (κ2) is 4.45. The maximum absolute atomic E-state index is 4.74. The summed E-state index contributed by atoms with van der Waals surface area (Å²) in [4.78, 5) is 4.74. The fraction of sp³-hybridized carbons (Fsp3) is 0.786. The van der Waals surface area contributed by atoms with Crippen LogP contribution in [0.15, 0.2) is 0 Å². The summed E-state index contributed by atoms with van der Waals surface area (Å²) < 4.78 is 2.53. The number of nitrogens with one attached hydrogen (secondary N) is 1. The van der Waals surface area contributed by atoms with Crippen molar-refractivity contribution in [3.05, 3.63) is 17.2 Å². The molecule has 1 fully saturated rings. The van der Waals surface area contributed by atoms with E-state index in [1.54, 1.807) is 0 Å². The molecular formula is C14H23N3. The van der Waals surface area contributed by atoms with Crippen LogP contribution in [0.1, 0.15) is 55.9 Å². The second-order valence-corrected chi connectivity index (χ2v) is 5.63. The van der Waals surface area contributed by atoms with Gasteiger partial charge in [-0.2, -0.15) is 0 Å². The molecule has 2 heterocycles. The van der Waals surface area contributed by atoms with Gasteiger partial charge in [-0.15, -0.1) is 0 Å². The average Bonchev–Trinajstić information content (AvgIpc) is 2.94. The molecule has 17 heavy (non-hydrogen) atoms. The highest BCUT2D eigenvalue weighted by molar-refractivity contribution is 5.21. The Bertz CT molecular complexity index is 402. The van der Waals surface area contributed by atoms with Gasteiger partial charge in [-0.3, -0.25) is 0 Å². The van der Waals surface area contributed by atoms with Gasteiger partial charge in [0, 0.05) is 31.2 Å². The average molecular weight is 233 g/mol. The number of rotatable bonds is 2. The number of hydrogen-bond donors (Lipinski definition) is 1. The molecule has 1 aromatic rings. The maximum atomic E-state index is 4.74. The molecule has 1 aromatic heterocycles. The molecule has 2 aliphatic rings. The third-order valence-corrected chi connectivity index (χ3v) is 4.59. The Labute approximate surface area is 104 Å². The molecule has 1 aliphatic carbocycles. The fourth-order valence-electron chi connectivity index (χ4n) is 3.66. The van der Waals surface area contributed by atoms with E-state index in [0.29, 0.717) is 6.04 Å². The first kappa shape index (κ1) is 11.3. The van der Waals surface area contributed by atoms with E-state index in [2.05, 4.69) is 23.7 Å². The van der Waals surface area contributed by atoms with Crippen molar-refractivity contribution >= 4 is 0 Å². The molecule has 3 heteroatoms. The van der Waals surface area contributed by atoms with Crippen LogP contribution in [-0.4, -0.2) is 16.1 Å². The molecule has 3 rings (SSSR count). The Hall–Kier alpha value is -0.830. The SMILES string of the molecule is Cc1nc2c(n1C(C)C1CCCC1)CCNC2. The van der Waals surface area contributed by atoms with Crippen LogP contribution in [0.2, 0.25) is 0 Å². The summed E-state index contributed by atoms with van der Waals surface area (Å²) in [7, 11) is 0. The number of aryl methyl sites for hydroxylation is 1. The number of imidazole rings is 1. The van der Waals surface area contributed by atoms with Crippen LogP contribution in [0, 0.1) is 12.8 Å². The van der Waals surface area contributed by atoms with E-state index >= 15 is 0 Å². The third kappa shape index (κ3) is 1.90. The van der Waals surface area contributed by atoms with E-state index < -0.39 is 0 Å². The standard InChI is InChI=1S/C14H23N3/c1-10(12-5-3-4-6-12)17-11(2)16-13-9-15-8-7-14(13)17/h10,12,15H,3-9H2,1-2H3. The van der Waals surface area contributed by atoms with Crippen molar-refractivity contribution in [2.24, 2.45) is 5.92 Å². The minimum atomic E-state index is 0.645. The Morgan fingerprint density at radius 1 is 1.35 bits per heavy atom. The van der Waals surface area contributed by atoms with E-state index in [0.717, 1.165) is 25.4 Å². The van der Waals surface area contributed by atoms with Gasteiger partial charge in [0.15, 0.2) is 0 Å². The fourth-order valence-corrected chi connectivity index (χ4v) is 3.66. The lowest BCUT2D eigenvalue weighted by Gasteiger charge is -2.25. The summed E-state index contributed by atoms with van der Waals surface area (Å²) in [6.45, 7) is 6.63. The smallest absolute Gasteiger partial charge is 0.106 e. The zero-order valence-electron chi connectivity index (χ0n) is 11.0.